The third-order valence-corrected chi connectivity index (χ3v) is 1.70. The molecule has 0 spiro atoms. The highest BCUT2D eigenvalue weighted by Gasteiger charge is 2.15. The van der Waals surface area contributed by atoms with E-state index in [2.05, 4.69) is 0 Å². The van der Waals surface area contributed by atoms with Gasteiger partial charge in [-0.25, -0.2) is 0 Å². The number of methoxy groups -OCH3 is 1. The van der Waals surface area contributed by atoms with Crippen molar-refractivity contribution >= 4 is 17.3 Å². The number of nitro benzene ring substituents is 1. The molecule has 13 heavy (non-hydrogen) atoms. The van der Waals surface area contributed by atoms with E-state index < -0.39 is 4.92 Å². The first-order chi connectivity index (χ1) is 6.06. The summed E-state index contributed by atoms with van der Waals surface area (Å²) >= 11 is 5.59. The zero-order valence-corrected chi connectivity index (χ0v) is 7.41. The molecule has 70 valence electrons. The molecule has 0 bridgehead atoms. The predicted octanol–water partition coefficient (Wildman–Crippen LogP) is 1.96. The van der Waals surface area contributed by atoms with Gasteiger partial charge in [0.25, 0.3) is 5.69 Å². The fraction of sp³-hybridized carbons (Fsp3) is 0.143. The van der Waals surface area contributed by atoms with Crippen molar-refractivity contribution in [2.45, 2.75) is 0 Å². The number of non-ortho nitro benzene ring substituents is 1. The van der Waals surface area contributed by atoms with Gasteiger partial charge >= 0.3 is 0 Å². The van der Waals surface area contributed by atoms with Crippen LogP contribution in [0.4, 0.5) is 5.69 Å². The van der Waals surface area contributed by atoms with Gasteiger partial charge in [0.05, 0.1) is 23.1 Å². The molecule has 1 rings (SSSR count). The molecule has 0 heterocycles. The maximum absolute atomic E-state index is 10.3. The molecule has 0 unspecified atom stereocenters. The van der Waals surface area contributed by atoms with Crippen LogP contribution in [0.5, 0.6) is 11.5 Å². The minimum atomic E-state index is -0.648. The molecular weight excluding hydrogens is 198 g/mol. The van der Waals surface area contributed by atoms with E-state index in [0.29, 0.717) is 0 Å². The molecule has 0 amide bonds. The zero-order valence-electron chi connectivity index (χ0n) is 6.65. The van der Waals surface area contributed by atoms with Crippen molar-refractivity contribution < 1.29 is 14.8 Å². The Bertz CT molecular complexity index is 329. The second-order valence-electron chi connectivity index (χ2n) is 2.24. The summed E-state index contributed by atoms with van der Waals surface area (Å²) in [5.74, 6) is -0.311. The van der Waals surface area contributed by atoms with Crippen molar-refractivity contribution in [1.29, 1.82) is 0 Å². The number of aromatic hydroxyl groups is 1. The Morgan fingerprint density at radius 2 is 2.23 bits per heavy atom. The molecule has 6 heteroatoms. The van der Waals surface area contributed by atoms with Gasteiger partial charge in [-0.1, -0.05) is 11.6 Å². The average Bonchev–Trinajstić information content (AvgIpc) is 2.03. The molecule has 0 fully saturated rings. The van der Waals surface area contributed by atoms with Crippen molar-refractivity contribution in [3.8, 4) is 11.5 Å². The molecule has 1 N–H and O–H groups in total. The summed E-state index contributed by atoms with van der Waals surface area (Å²) in [6.45, 7) is 0. The molecule has 0 saturated carbocycles. The van der Waals surface area contributed by atoms with E-state index >= 15 is 0 Å². The van der Waals surface area contributed by atoms with Crippen molar-refractivity contribution in [2.24, 2.45) is 0 Å². The Morgan fingerprint density at radius 3 is 2.62 bits per heavy atom. The zero-order chi connectivity index (χ0) is 10.0. The Kier molecular flexibility index (Phi) is 2.57. The first-order valence-corrected chi connectivity index (χ1v) is 3.65. The van der Waals surface area contributed by atoms with Crippen LogP contribution in [0.25, 0.3) is 0 Å². The lowest BCUT2D eigenvalue weighted by atomic mass is 10.3. The molecule has 5 nitrogen and oxygen atoms in total. The Labute approximate surface area is 78.7 Å². The van der Waals surface area contributed by atoms with Gasteiger partial charge < -0.3 is 9.84 Å². The van der Waals surface area contributed by atoms with Crippen LogP contribution in [-0.2, 0) is 0 Å². The highest BCUT2D eigenvalue weighted by molar-refractivity contribution is 6.32. The number of benzene rings is 1. The van der Waals surface area contributed by atoms with Crippen molar-refractivity contribution in [1.82, 2.24) is 0 Å². The first kappa shape index (κ1) is 9.60. The van der Waals surface area contributed by atoms with Gasteiger partial charge in [0.1, 0.15) is 0 Å². The minimum Gasteiger partial charge on any atom is -0.504 e. The Balaban J connectivity index is 3.28. The number of nitrogens with zero attached hydrogens (tertiary/aromatic N) is 1. The summed E-state index contributed by atoms with van der Waals surface area (Å²) in [6.07, 6.45) is 0. The molecule has 1 aromatic rings. The van der Waals surface area contributed by atoms with Crippen molar-refractivity contribution in [2.75, 3.05) is 7.11 Å². The second kappa shape index (κ2) is 3.49. The van der Waals surface area contributed by atoms with E-state index in [1.807, 2.05) is 0 Å². The largest absolute Gasteiger partial charge is 0.504 e. The molecule has 0 radical (unpaired) electrons. The van der Waals surface area contributed by atoms with Gasteiger partial charge in [0.15, 0.2) is 11.5 Å². The molecule has 0 atom stereocenters. The first-order valence-electron chi connectivity index (χ1n) is 3.27. The smallest absolute Gasteiger partial charge is 0.274 e. The van der Waals surface area contributed by atoms with Gasteiger partial charge in [0.2, 0.25) is 0 Å². The van der Waals surface area contributed by atoms with Crippen LogP contribution in [0, 0.1) is 10.1 Å². The molecule has 0 aliphatic rings. The highest BCUT2D eigenvalue weighted by Crippen LogP contribution is 2.37. The van der Waals surface area contributed by atoms with E-state index in [-0.39, 0.29) is 22.2 Å². The lowest BCUT2D eigenvalue weighted by molar-refractivity contribution is -0.384. The summed E-state index contributed by atoms with van der Waals surface area (Å²) in [6, 6.07) is 2.09. The van der Waals surface area contributed by atoms with E-state index in [1.165, 1.54) is 7.11 Å². The van der Waals surface area contributed by atoms with Gasteiger partial charge in [-0.2, -0.15) is 0 Å². The summed E-state index contributed by atoms with van der Waals surface area (Å²) in [5, 5.41) is 19.5. The predicted molar refractivity (Wildman–Crippen MR) is 46.3 cm³/mol. The normalized spacial score (nSPS) is 9.69. The summed E-state index contributed by atoms with van der Waals surface area (Å²) in [4.78, 5) is 9.65. The minimum absolute atomic E-state index is 0.00852. The number of hydrogen-bond donors (Lipinski definition) is 1. The topological polar surface area (TPSA) is 72.6 Å². The lowest BCUT2D eigenvalue weighted by Gasteiger charge is -2.04. The summed E-state index contributed by atoms with van der Waals surface area (Å²) < 4.78 is 4.71. The number of rotatable bonds is 2. The van der Waals surface area contributed by atoms with E-state index in [9.17, 15) is 15.2 Å². The number of phenols is 1. The Hall–Kier alpha value is -1.49. The van der Waals surface area contributed by atoms with Crippen LogP contribution in [0.15, 0.2) is 12.1 Å². The van der Waals surface area contributed by atoms with Crippen molar-refractivity contribution in [3.05, 3.63) is 27.3 Å². The molecule has 0 aliphatic heterocycles. The van der Waals surface area contributed by atoms with Crippen molar-refractivity contribution in [3.63, 3.8) is 0 Å². The lowest BCUT2D eigenvalue weighted by Crippen LogP contribution is -1.90. The van der Waals surface area contributed by atoms with Gasteiger partial charge in [-0.15, -0.1) is 0 Å². The fourth-order valence-electron chi connectivity index (χ4n) is 0.873. The highest BCUT2D eigenvalue weighted by atomic mass is 35.5. The van der Waals surface area contributed by atoms with Crippen LogP contribution < -0.4 is 4.74 Å². The van der Waals surface area contributed by atoms with Gasteiger partial charge in [-0.3, -0.25) is 10.1 Å². The molecule has 1 aromatic carbocycles. The number of nitro groups is 1. The maximum Gasteiger partial charge on any atom is 0.274 e. The SMILES string of the molecule is COc1c(O)cc([N+](=O)[O-])cc1Cl. The molecule has 0 aromatic heterocycles. The third-order valence-electron chi connectivity index (χ3n) is 1.42. The third kappa shape index (κ3) is 1.81. The number of ether oxygens (including phenoxy) is 1. The number of halogens is 1. The maximum atomic E-state index is 10.3. The summed E-state index contributed by atoms with van der Waals surface area (Å²) in [5.41, 5.74) is -0.275. The van der Waals surface area contributed by atoms with E-state index in [0.717, 1.165) is 12.1 Å². The fourth-order valence-corrected chi connectivity index (χ4v) is 1.16. The number of phenolic OH excluding ortho intramolecular Hbond substituents is 1. The van der Waals surface area contributed by atoms with Crippen LogP contribution in [0.3, 0.4) is 0 Å². The molecular formula is C7H6ClNO4. The van der Waals surface area contributed by atoms with Crippen LogP contribution in [0.1, 0.15) is 0 Å². The summed E-state index contributed by atoms with van der Waals surface area (Å²) in [7, 11) is 1.31. The average molecular weight is 204 g/mol. The second-order valence-corrected chi connectivity index (χ2v) is 2.64. The molecule has 0 saturated heterocycles. The number of hydrogen-bond acceptors (Lipinski definition) is 4. The van der Waals surface area contributed by atoms with Crippen LogP contribution >= 0.6 is 11.6 Å². The van der Waals surface area contributed by atoms with E-state index in [1.54, 1.807) is 0 Å². The van der Waals surface area contributed by atoms with Gasteiger partial charge in [-0.05, 0) is 0 Å². The quantitative estimate of drug-likeness (QED) is 0.589. The van der Waals surface area contributed by atoms with Crippen LogP contribution in [-0.4, -0.2) is 17.1 Å². The van der Waals surface area contributed by atoms with E-state index in [4.69, 9.17) is 16.3 Å². The monoisotopic (exact) mass is 203 g/mol. The van der Waals surface area contributed by atoms with Gasteiger partial charge in [0, 0.05) is 6.07 Å². The Morgan fingerprint density at radius 1 is 1.62 bits per heavy atom. The van der Waals surface area contributed by atoms with Crippen LogP contribution in [0.2, 0.25) is 5.02 Å². The molecule has 0 aliphatic carbocycles. The standard InChI is InChI=1S/C7H6ClNO4/c1-13-7-5(8)2-4(9(11)12)3-6(7)10/h2-3,10H,1H3.